The first-order chi connectivity index (χ1) is 9.01. The Balaban J connectivity index is 1.89. The number of aryl methyl sites for hydroxylation is 1. The fraction of sp³-hybridized carbons (Fsp3) is 0.588. The predicted molar refractivity (Wildman–Crippen MR) is 74.9 cm³/mol. The van der Waals surface area contributed by atoms with Gasteiger partial charge in [-0.2, -0.15) is 0 Å². The number of esters is 1. The molecule has 4 unspecified atom stereocenters. The third-order valence-electron chi connectivity index (χ3n) is 5.24. The van der Waals surface area contributed by atoms with Crippen LogP contribution in [0.15, 0.2) is 24.3 Å². The zero-order chi connectivity index (χ0) is 13.6. The number of ether oxygens (including phenoxy) is 1. The van der Waals surface area contributed by atoms with Crippen molar-refractivity contribution in [1.82, 2.24) is 0 Å². The second-order valence-electron chi connectivity index (χ2n) is 6.55. The second kappa shape index (κ2) is 4.36. The molecule has 1 aliphatic carbocycles. The lowest BCUT2D eigenvalue weighted by atomic mass is 9.64. The van der Waals surface area contributed by atoms with E-state index < -0.39 is 0 Å². The van der Waals surface area contributed by atoms with Gasteiger partial charge in [0.15, 0.2) is 0 Å². The summed E-state index contributed by atoms with van der Waals surface area (Å²) >= 11 is 0. The number of hydrogen-bond acceptors (Lipinski definition) is 2. The molecule has 3 rings (SSSR count). The largest absolute Gasteiger partial charge is 0.462 e. The summed E-state index contributed by atoms with van der Waals surface area (Å²) in [5.74, 6) is 0.528. The van der Waals surface area contributed by atoms with Crippen molar-refractivity contribution in [3.05, 3.63) is 35.4 Å². The van der Waals surface area contributed by atoms with Crippen molar-refractivity contribution in [3.8, 4) is 0 Å². The van der Waals surface area contributed by atoms with Crippen LogP contribution in [0, 0.1) is 18.8 Å². The van der Waals surface area contributed by atoms with Gasteiger partial charge in [0.1, 0.15) is 6.10 Å². The second-order valence-corrected chi connectivity index (χ2v) is 6.55. The Morgan fingerprint density at radius 1 is 1.32 bits per heavy atom. The molecule has 0 N–H and O–H groups in total. The Kier molecular flexibility index (Phi) is 2.92. The summed E-state index contributed by atoms with van der Waals surface area (Å²) in [5, 5.41) is 0. The summed E-state index contributed by atoms with van der Waals surface area (Å²) in [6, 6.07) is 8.61. The van der Waals surface area contributed by atoms with E-state index >= 15 is 0 Å². The van der Waals surface area contributed by atoms with E-state index in [0.717, 1.165) is 19.3 Å². The molecular formula is C17H22O2. The molecule has 4 atom stereocenters. The predicted octanol–water partition coefficient (Wildman–Crippen LogP) is 3.61. The van der Waals surface area contributed by atoms with Crippen molar-refractivity contribution in [3.63, 3.8) is 0 Å². The molecule has 1 aromatic rings. The molecule has 1 saturated carbocycles. The molecule has 2 fully saturated rings. The number of carbonyl (C=O) groups is 1. The normalized spacial score (nSPS) is 37.8. The third-order valence-corrected chi connectivity index (χ3v) is 5.24. The van der Waals surface area contributed by atoms with Crippen LogP contribution >= 0.6 is 0 Å². The highest BCUT2D eigenvalue weighted by atomic mass is 16.6. The molecule has 2 aliphatic rings. The van der Waals surface area contributed by atoms with E-state index in [1.54, 1.807) is 0 Å². The van der Waals surface area contributed by atoms with Gasteiger partial charge in [0.25, 0.3) is 0 Å². The molecule has 0 bridgehead atoms. The molecule has 1 aliphatic heterocycles. The lowest BCUT2D eigenvalue weighted by Gasteiger charge is -2.40. The highest BCUT2D eigenvalue weighted by Gasteiger charge is 2.49. The van der Waals surface area contributed by atoms with E-state index in [9.17, 15) is 4.79 Å². The third kappa shape index (κ3) is 1.98. The molecule has 0 amide bonds. The average Bonchev–Trinajstić information content (AvgIpc) is 2.64. The Labute approximate surface area is 115 Å². The fourth-order valence-corrected chi connectivity index (χ4v) is 4.00. The molecule has 0 radical (unpaired) electrons. The van der Waals surface area contributed by atoms with Gasteiger partial charge in [0, 0.05) is 5.92 Å². The topological polar surface area (TPSA) is 26.3 Å². The SMILES string of the molecule is Cc1ccccc1C1(C)CCC2C(C1)OC(=O)C2C. The molecule has 2 heteroatoms. The Bertz CT molecular complexity index is 508. The van der Waals surface area contributed by atoms with Gasteiger partial charge >= 0.3 is 5.97 Å². The molecule has 0 spiro atoms. The van der Waals surface area contributed by atoms with Crippen LogP contribution in [-0.4, -0.2) is 12.1 Å². The van der Waals surface area contributed by atoms with E-state index in [-0.39, 0.29) is 23.4 Å². The Morgan fingerprint density at radius 3 is 2.79 bits per heavy atom. The molecule has 19 heavy (non-hydrogen) atoms. The van der Waals surface area contributed by atoms with Crippen LogP contribution in [0.4, 0.5) is 0 Å². The molecule has 2 nitrogen and oxygen atoms in total. The first-order valence-corrected chi connectivity index (χ1v) is 7.28. The van der Waals surface area contributed by atoms with E-state index in [0.29, 0.717) is 5.92 Å². The van der Waals surface area contributed by atoms with Crippen LogP contribution in [0.1, 0.15) is 44.2 Å². The Morgan fingerprint density at radius 2 is 2.05 bits per heavy atom. The molecular weight excluding hydrogens is 236 g/mol. The Hall–Kier alpha value is -1.31. The minimum atomic E-state index is 0.00373. The van der Waals surface area contributed by atoms with Gasteiger partial charge in [0.05, 0.1) is 5.92 Å². The van der Waals surface area contributed by atoms with Gasteiger partial charge in [-0.05, 0) is 42.7 Å². The van der Waals surface area contributed by atoms with Crippen molar-refractivity contribution in [2.24, 2.45) is 11.8 Å². The molecule has 1 aromatic carbocycles. The van der Waals surface area contributed by atoms with Crippen LogP contribution in [0.3, 0.4) is 0 Å². The van der Waals surface area contributed by atoms with Gasteiger partial charge in [0.2, 0.25) is 0 Å². The zero-order valence-electron chi connectivity index (χ0n) is 12.0. The first-order valence-electron chi connectivity index (χ1n) is 7.28. The number of fused-ring (bicyclic) bond motifs is 1. The van der Waals surface area contributed by atoms with Gasteiger partial charge in [-0.15, -0.1) is 0 Å². The number of hydrogen-bond donors (Lipinski definition) is 0. The van der Waals surface area contributed by atoms with Crippen LogP contribution in [-0.2, 0) is 14.9 Å². The van der Waals surface area contributed by atoms with Crippen molar-refractivity contribution >= 4 is 5.97 Å². The minimum Gasteiger partial charge on any atom is -0.462 e. The summed E-state index contributed by atoms with van der Waals surface area (Å²) in [5.41, 5.74) is 2.92. The summed E-state index contributed by atoms with van der Waals surface area (Å²) in [6.45, 7) is 6.52. The highest BCUT2D eigenvalue weighted by molar-refractivity contribution is 5.75. The standard InChI is InChI=1S/C17H22O2/c1-11-6-4-5-7-14(11)17(3)9-8-13-12(2)16(18)19-15(13)10-17/h4-7,12-13,15H,8-10H2,1-3H3. The van der Waals surface area contributed by atoms with Crippen LogP contribution in [0.2, 0.25) is 0 Å². The number of carbonyl (C=O) groups excluding carboxylic acids is 1. The monoisotopic (exact) mass is 258 g/mol. The van der Waals surface area contributed by atoms with E-state index in [1.165, 1.54) is 11.1 Å². The summed E-state index contributed by atoms with van der Waals surface area (Å²) in [4.78, 5) is 11.7. The summed E-state index contributed by atoms with van der Waals surface area (Å²) in [6.07, 6.45) is 3.35. The molecule has 0 aromatic heterocycles. The molecule has 1 heterocycles. The first kappa shape index (κ1) is 12.7. The van der Waals surface area contributed by atoms with Gasteiger partial charge in [-0.25, -0.2) is 0 Å². The van der Waals surface area contributed by atoms with Crippen molar-refractivity contribution in [1.29, 1.82) is 0 Å². The van der Waals surface area contributed by atoms with Gasteiger partial charge in [-0.1, -0.05) is 38.1 Å². The van der Waals surface area contributed by atoms with Crippen molar-refractivity contribution < 1.29 is 9.53 Å². The highest BCUT2D eigenvalue weighted by Crippen LogP contribution is 2.48. The quantitative estimate of drug-likeness (QED) is 0.719. The van der Waals surface area contributed by atoms with E-state index in [1.807, 2.05) is 6.92 Å². The van der Waals surface area contributed by atoms with E-state index in [2.05, 4.69) is 38.1 Å². The lowest BCUT2D eigenvalue weighted by molar-refractivity contribution is -0.144. The smallest absolute Gasteiger partial charge is 0.309 e. The van der Waals surface area contributed by atoms with Crippen molar-refractivity contribution in [2.45, 2.75) is 51.6 Å². The summed E-state index contributed by atoms with van der Waals surface area (Å²) < 4.78 is 5.60. The van der Waals surface area contributed by atoms with Crippen LogP contribution in [0.5, 0.6) is 0 Å². The number of benzene rings is 1. The maximum absolute atomic E-state index is 11.7. The van der Waals surface area contributed by atoms with Gasteiger partial charge in [-0.3, -0.25) is 4.79 Å². The fourth-order valence-electron chi connectivity index (χ4n) is 4.00. The molecule has 1 saturated heterocycles. The van der Waals surface area contributed by atoms with Crippen molar-refractivity contribution in [2.75, 3.05) is 0 Å². The van der Waals surface area contributed by atoms with E-state index in [4.69, 9.17) is 4.74 Å². The van der Waals surface area contributed by atoms with Crippen LogP contribution in [0.25, 0.3) is 0 Å². The average molecular weight is 258 g/mol. The van der Waals surface area contributed by atoms with Crippen LogP contribution < -0.4 is 0 Å². The molecule has 102 valence electrons. The maximum Gasteiger partial charge on any atom is 0.309 e. The lowest BCUT2D eigenvalue weighted by Crippen LogP contribution is -2.38. The van der Waals surface area contributed by atoms with Gasteiger partial charge < -0.3 is 4.74 Å². The zero-order valence-corrected chi connectivity index (χ0v) is 12.0. The number of rotatable bonds is 1. The summed E-state index contributed by atoms with van der Waals surface area (Å²) in [7, 11) is 0. The maximum atomic E-state index is 11.7. The minimum absolute atomic E-state index is 0.00373.